The highest BCUT2D eigenvalue weighted by atomic mass is 19.4. The van der Waals surface area contributed by atoms with Crippen LogP contribution in [0.4, 0.5) is 32.0 Å². The zero-order valence-electron chi connectivity index (χ0n) is 19.1. The van der Waals surface area contributed by atoms with E-state index in [9.17, 15) is 27.2 Å². The van der Waals surface area contributed by atoms with E-state index in [0.717, 1.165) is 29.4 Å². The van der Waals surface area contributed by atoms with Crippen molar-refractivity contribution in [2.45, 2.75) is 18.4 Å². The number of H-pyrrole nitrogens is 2. The molecule has 1 aliphatic heterocycles. The lowest BCUT2D eigenvalue weighted by Crippen LogP contribution is -2.36. The van der Waals surface area contributed by atoms with Gasteiger partial charge in [0.25, 0.3) is 5.56 Å². The van der Waals surface area contributed by atoms with E-state index >= 15 is 8.78 Å². The summed E-state index contributed by atoms with van der Waals surface area (Å²) in [5.41, 5.74) is -2.80. The predicted octanol–water partition coefficient (Wildman–Crippen LogP) is 2.59. The van der Waals surface area contributed by atoms with Crippen LogP contribution in [-0.4, -0.2) is 56.0 Å². The first-order chi connectivity index (χ1) is 18.3. The fourth-order valence-corrected chi connectivity index (χ4v) is 3.99. The SMILES string of the molecule is N#Cc1ccc(OC2CN(c3cc(-c4c[nH]c(=O)[nH]c4=O)nn4c(F)cnc34)CC2(F)F)cc1OC(F)(F)F. The van der Waals surface area contributed by atoms with Gasteiger partial charge in [-0.2, -0.15) is 19.3 Å². The Balaban J connectivity index is 1.50. The molecule has 2 N–H and O–H groups in total. The maximum Gasteiger partial charge on any atom is 0.573 e. The number of anilines is 1. The molecule has 1 aliphatic rings. The summed E-state index contributed by atoms with van der Waals surface area (Å²) in [5, 5.41) is 13.0. The van der Waals surface area contributed by atoms with Gasteiger partial charge in [0, 0.05) is 12.3 Å². The first-order valence-corrected chi connectivity index (χ1v) is 10.8. The normalized spacial score (nSPS) is 16.8. The molecule has 5 rings (SSSR count). The molecular weight excluding hydrogens is 540 g/mol. The minimum Gasteiger partial charge on any atom is -0.482 e. The lowest BCUT2D eigenvalue weighted by Gasteiger charge is -2.20. The van der Waals surface area contributed by atoms with Gasteiger partial charge in [-0.05, 0) is 18.2 Å². The number of nitrogens with one attached hydrogen (secondary N) is 2. The van der Waals surface area contributed by atoms with Crippen LogP contribution in [0.2, 0.25) is 0 Å². The molecule has 0 amide bonds. The van der Waals surface area contributed by atoms with Crippen LogP contribution < -0.4 is 25.6 Å². The summed E-state index contributed by atoms with van der Waals surface area (Å²) in [7, 11) is 0. The Morgan fingerprint density at radius 3 is 2.67 bits per heavy atom. The van der Waals surface area contributed by atoms with Crippen LogP contribution >= 0.6 is 0 Å². The van der Waals surface area contributed by atoms with Crippen LogP contribution in [0.3, 0.4) is 0 Å². The van der Waals surface area contributed by atoms with Crippen molar-refractivity contribution in [3.05, 3.63) is 69.0 Å². The van der Waals surface area contributed by atoms with Crippen LogP contribution in [0, 0.1) is 17.3 Å². The van der Waals surface area contributed by atoms with Gasteiger partial charge in [-0.25, -0.2) is 18.6 Å². The summed E-state index contributed by atoms with van der Waals surface area (Å²) in [6.07, 6.45) is -5.25. The zero-order chi connectivity index (χ0) is 28.1. The van der Waals surface area contributed by atoms with Crippen LogP contribution in [0.25, 0.3) is 16.9 Å². The van der Waals surface area contributed by atoms with Gasteiger partial charge in [0.2, 0.25) is 5.95 Å². The molecule has 1 unspecified atom stereocenters. The minimum absolute atomic E-state index is 0.0683. The minimum atomic E-state index is -5.14. The Bertz CT molecular complexity index is 1740. The average molecular weight is 553 g/mol. The van der Waals surface area contributed by atoms with E-state index in [0.29, 0.717) is 10.6 Å². The number of aromatic nitrogens is 5. The summed E-state index contributed by atoms with van der Waals surface area (Å²) in [6.45, 7) is -1.52. The smallest absolute Gasteiger partial charge is 0.482 e. The third kappa shape index (κ3) is 4.95. The number of hydrogen-bond acceptors (Lipinski definition) is 8. The molecule has 3 aromatic heterocycles. The molecule has 17 heteroatoms. The van der Waals surface area contributed by atoms with Crippen molar-refractivity contribution in [2.24, 2.45) is 0 Å². The van der Waals surface area contributed by atoms with Gasteiger partial charge >= 0.3 is 18.0 Å². The topological polar surface area (TPSA) is 141 Å². The fraction of sp³-hybridized carbons (Fsp3) is 0.227. The van der Waals surface area contributed by atoms with E-state index in [2.05, 4.69) is 19.8 Å². The largest absolute Gasteiger partial charge is 0.573 e. The van der Waals surface area contributed by atoms with E-state index in [1.165, 1.54) is 12.1 Å². The lowest BCUT2D eigenvalue weighted by molar-refractivity contribution is -0.274. The second-order valence-corrected chi connectivity index (χ2v) is 8.28. The number of nitrogens with zero attached hydrogens (tertiary/aromatic N) is 5. The number of hydrogen-bond donors (Lipinski definition) is 2. The maximum absolute atomic E-state index is 15.0. The van der Waals surface area contributed by atoms with Gasteiger partial charge in [0.15, 0.2) is 17.5 Å². The van der Waals surface area contributed by atoms with Crippen molar-refractivity contribution in [2.75, 3.05) is 18.0 Å². The number of fused-ring (bicyclic) bond motifs is 1. The van der Waals surface area contributed by atoms with Crippen LogP contribution in [0.15, 0.2) is 46.2 Å². The van der Waals surface area contributed by atoms with Crippen molar-refractivity contribution in [3.8, 4) is 28.8 Å². The van der Waals surface area contributed by atoms with E-state index in [1.54, 1.807) is 0 Å². The second kappa shape index (κ2) is 9.08. The van der Waals surface area contributed by atoms with Crippen LogP contribution in [0.1, 0.15) is 5.56 Å². The van der Waals surface area contributed by atoms with Gasteiger partial charge in [0.1, 0.15) is 17.5 Å². The van der Waals surface area contributed by atoms with Crippen molar-refractivity contribution in [1.82, 2.24) is 24.6 Å². The number of benzene rings is 1. The van der Waals surface area contributed by atoms with Crippen LogP contribution in [-0.2, 0) is 0 Å². The molecule has 1 atom stereocenters. The molecule has 4 aromatic rings. The third-order valence-corrected chi connectivity index (χ3v) is 5.68. The first-order valence-electron chi connectivity index (χ1n) is 10.8. The molecule has 202 valence electrons. The highest BCUT2D eigenvalue weighted by Crippen LogP contribution is 2.38. The Morgan fingerprint density at radius 1 is 1.21 bits per heavy atom. The number of rotatable bonds is 5. The molecule has 1 fully saturated rings. The molecule has 0 radical (unpaired) electrons. The number of ether oxygens (including phenoxy) is 2. The third-order valence-electron chi connectivity index (χ3n) is 5.68. The summed E-state index contributed by atoms with van der Waals surface area (Å²) in [5.74, 6) is -5.89. The number of aromatic amines is 2. The number of halogens is 6. The second-order valence-electron chi connectivity index (χ2n) is 8.28. The summed E-state index contributed by atoms with van der Waals surface area (Å²) < 4.78 is 92.4. The maximum atomic E-state index is 15.0. The molecule has 11 nitrogen and oxygen atoms in total. The molecule has 1 saturated heterocycles. The summed E-state index contributed by atoms with van der Waals surface area (Å²) in [4.78, 5) is 32.8. The predicted molar refractivity (Wildman–Crippen MR) is 119 cm³/mol. The summed E-state index contributed by atoms with van der Waals surface area (Å²) in [6, 6.07) is 5.33. The first kappa shape index (κ1) is 25.6. The van der Waals surface area contributed by atoms with Crippen LogP contribution in [0.5, 0.6) is 11.5 Å². The molecule has 0 saturated carbocycles. The summed E-state index contributed by atoms with van der Waals surface area (Å²) >= 11 is 0. The Kier molecular flexibility index (Phi) is 5.96. The van der Waals surface area contributed by atoms with Crippen molar-refractivity contribution >= 4 is 11.3 Å². The molecule has 0 spiro atoms. The number of imidazole rings is 1. The van der Waals surface area contributed by atoms with Gasteiger partial charge in [-0.15, -0.1) is 13.2 Å². The number of alkyl halides is 5. The monoisotopic (exact) mass is 553 g/mol. The van der Waals surface area contributed by atoms with Gasteiger partial charge in [-0.3, -0.25) is 9.78 Å². The Hall–Kier alpha value is -5.01. The molecule has 4 heterocycles. The quantitative estimate of drug-likeness (QED) is 0.360. The van der Waals surface area contributed by atoms with Crippen molar-refractivity contribution in [1.29, 1.82) is 5.26 Å². The van der Waals surface area contributed by atoms with Crippen molar-refractivity contribution in [3.63, 3.8) is 0 Å². The zero-order valence-corrected chi connectivity index (χ0v) is 19.1. The average Bonchev–Trinajstić information content (AvgIpc) is 3.36. The van der Waals surface area contributed by atoms with Gasteiger partial charge in [0.05, 0.1) is 36.1 Å². The van der Waals surface area contributed by atoms with E-state index in [4.69, 9.17) is 10.00 Å². The molecule has 0 bridgehead atoms. The van der Waals surface area contributed by atoms with E-state index < -0.39 is 65.7 Å². The Labute approximate surface area is 211 Å². The van der Waals surface area contributed by atoms with Crippen molar-refractivity contribution < 1.29 is 35.8 Å². The lowest BCUT2D eigenvalue weighted by atomic mass is 10.2. The molecule has 39 heavy (non-hydrogen) atoms. The standard InChI is InChI=1S/C22H13F6N7O4/c23-17-7-30-18-14(4-13(33-35(17)18)12-6-31-20(37)32-19(12)36)34-8-16(21(24,25)9-34)38-11-2-1-10(5-29)15(3-11)39-22(26,27)28/h1-4,6-7,16H,8-9H2,(H2,31,32,36,37). The van der Waals surface area contributed by atoms with E-state index in [-0.39, 0.29) is 22.6 Å². The van der Waals surface area contributed by atoms with Gasteiger partial charge < -0.3 is 19.4 Å². The van der Waals surface area contributed by atoms with E-state index in [1.807, 2.05) is 4.98 Å². The highest BCUT2D eigenvalue weighted by Gasteiger charge is 2.51. The highest BCUT2D eigenvalue weighted by molar-refractivity contribution is 5.75. The number of nitriles is 1. The van der Waals surface area contributed by atoms with Gasteiger partial charge in [-0.1, -0.05) is 0 Å². The fourth-order valence-electron chi connectivity index (χ4n) is 3.99. The molecule has 0 aliphatic carbocycles. The Morgan fingerprint density at radius 2 is 1.97 bits per heavy atom. The molecular formula is C22H13F6N7O4. The molecule has 1 aromatic carbocycles.